The van der Waals surface area contributed by atoms with Crippen LogP contribution in [0.2, 0.25) is 0 Å². The van der Waals surface area contributed by atoms with Crippen LogP contribution in [0, 0.1) is 5.41 Å². The molecule has 27 heavy (non-hydrogen) atoms. The molecule has 164 valence electrons. The van der Waals surface area contributed by atoms with Crippen LogP contribution in [0.25, 0.3) is 0 Å². The van der Waals surface area contributed by atoms with Crippen LogP contribution in [-0.4, -0.2) is 11.2 Å². The Balaban J connectivity index is 3.17. The standard InChI is InChI=1S/C26H54O/c1-5-6-7-8-13-16-19-22-25(27)23-20-17-14-11-9-10-12-15-18-21-24-26(2,3)4/h25,27H,5-24H2,1-4H3. The molecular formula is C26H54O. The Labute approximate surface area is 173 Å². The molecule has 1 N–H and O–H groups in total. The third-order valence-electron chi connectivity index (χ3n) is 5.86. The normalized spacial score (nSPS) is 13.2. The van der Waals surface area contributed by atoms with Gasteiger partial charge in [0.1, 0.15) is 0 Å². The van der Waals surface area contributed by atoms with Crippen molar-refractivity contribution in [3.8, 4) is 0 Å². The monoisotopic (exact) mass is 382 g/mol. The molecular weight excluding hydrogens is 328 g/mol. The second-order valence-corrected chi connectivity index (χ2v) is 10.2. The summed E-state index contributed by atoms with van der Waals surface area (Å²) in [6.07, 6.45) is 26.7. The van der Waals surface area contributed by atoms with Crippen molar-refractivity contribution in [3.63, 3.8) is 0 Å². The van der Waals surface area contributed by atoms with Crippen LogP contribution in [0.5, 0.6) is 0 Å². The molecule has 0 bridgehead atoms. The van der Waals surface area contributed by atoms with Crippen molar-refractivity contribution in [2.45, 2.75) is 162 Å². The van der Waals surface area contributed by atoms with Crippen molar-refractivity contribution in [2.75, 3.05) is 0 Å². The lowest BCUT2D eigenvalue weighted by atomic mass is 9.89. The van der Waals surface area contributed by atoms with E-state index in [1.54, 1.807) is 0 Å². The molecule has 0 aromatic carbocycles. The number of unbranched alkanes of at least 4 members (excludes halogenated alkanes) is 15. The second-order valence-electron chi connectivity index (χ2n) is 10.2. The van der Waals surface area contributed by atoms with Gasteiger partial charge in [0.15, 0.2) is 0 Å². The zero-order valence-corrected chi connectivity index (χ0v) is 19.7. The number of hydrogen-bond acceptors (Lipinski definition) is 1. The molecule has 0 fully saturated rings. The van der Waals surface area contributed by atoms with Gasteiger partial charge < -0.3 is 5.11 Å². The molecule has 0 rings (SSSR count). The van der Waals surface area contributed by atoms with Crippen LogP contribution in [0.4, 0.5) is 0 Å². The predicted octanol–water partition coefficient (Wildman–Crippen LogP) is 9.22. The number of hydrogen-bond donors (Lipinski definition) is 1. The summed E-state index contributed by atoms with van der Waals surface area (Å²) in [6, 6.07) is 0. The molecule has 0 spiro atoms. The Bertz CT molecular complexity index is 278. The molecule has 0 amide bonds. The van der Waals surface area contributed by atoms with Gasteiger partial charge in [-0.2, -0.15) is 0 Å². The van der Waals surface area contributed by atoms with E-state index in [9.17, 15) is 5.11 Å². The minimum Gasteiger partial charge on any atom is -0.393 e. The molecule has 0 aromatic heterocycles. The van der Waals surface area contributed by atoms with Gasteiger partial charge >= 0.3 is 0 Å². The Morgan fingerprint density at radius 1 is 0.519 bits per heavy atom. The number of aliphatic hydroxyl groups excluding tert-OH is 1. The van der Waals surface area contributed by atoms with Crippen LogP contribution in [0.1, 0.15) is 156 Å². The van der Waals surface area contributed by atoms with E-state index in [1.807, 2.05) is 0 Å². The van der Waals surface area contributed by atoms with Gasteiger partial charge in [0.05, 0.1) is 6.10 Å². The van der Waals surface area contributed by atoms with Crippen molar-refractivity contribution < 1.29 is 5.11 Å². The minimum absolute atomic E-state index is 0.0336. The summed E-state index contributed by atoms with van der Waals surface area (Å²) in [7, 11) is 0. The number of rotatable bonds is 20. The van der Waals surface area contributed by atoms with Gasteiger partial charge in [0.2, 0.25) is 0 Å². The highest BCUT2D eigenvalue weighted by Gasteiger charge is 2.08. The fraction of sp³-hybridized carbons (Fsp3) is 1.00. The average Bonchev–Trinajstić information content (AvgIpc) is 2.61. The summed E-state index contributed by atoms with van der Waals surface area (Å²) in [5.74, 6) is 0. The lowest BCUT2D eigenvalue weighted by molar-refractivity contribution is 0.147. The lowest BCUT2D eigenvalue weighted by Gasteiger charge is -2.17. The van der Waals surface area contributed by atoms with Crippen LogP contribution in [0.15, 0.2) is 0 Å². The highest BCUT2D eigenvalue weighted by molar-refractivity contribution is 4.61. The Hall–Kier alpha value is -0.0400. The van der Waals surface area contributed by atoms with E-state index in [0.717, 1.165) is 12.8 Å². The van der Waals surface area contributed by atoms with E-state index in [0.29, 0.717) is 5.41 Å². The first-order chi connectivity index (χ1) is 13.0. The van der Waals surface area contributed by atoms with E-state index in [2.05, 4.69) is 27.7 Å². The molecule has 1 heteroatoms. The van der Waals surface area contributed by atoms with Crippen LogP contribution < -0.4 is 0 Å². The molecule has 0 aromatic rings. The minimum atomic E-state index is -0.0336. The Kier molecular flexibility index (Phi) is 19.3. The molecule has 0 heterocycles. The third kappa shape index (κ3) is 23.9. The molecule has 1 unspecified atom stereocenters. The smallest absolute Gasteiger partial charge is 0.0540 e. The molecule has 0 saturated heterocycles. The fourth-order valence-electron chi connectivity index (χ4n) is 3.93. The van der Waals surface area contributed by atoms with Crippen molar-refractivity contribution in [1.82, 2.24) is 0 Å². The maximum absolute atomic E-state index is 10.1. The first kappa shape index (κ1) is 27.0. The lowest BCUT2D eigenvalue weighted by Crippen LogP contribution is -2.05. The van der Waals surface area contributed by atoms with Gasteiger partial charge in [-0.1, -0.05) is 137 Å². The Morgan fingerprint density at radius 3 is 1.22 bits per heavy atom. The van der Waals surface area contributed by atoms with Crippen molar-refractivity contribution in [3.05, 3.63) is 0 Å². The highest BCUT2D eigenvalue weighted by atomic mass is 16.3. The van der Waals surface area contributed by atoms with Crippen LogP contribution in [-0.2, 0) is 0 Å². The molecule has 1 atom stereocenters. The summed E-state index contributed by atoms with van der Waals surface area (Å²) >= 11 is 0. The third-order valence-corrected chi connectivity index (χ3v) is 5.86. The second kappa shape index (κ2) is 19.3. The summed E-state index contributed by atoms with van der Waals surface area (Å²) in [5, 5.41) is 10.1. The molecule has 0 aliphatic heterocycles. The largest absolute Gasteiger partial charge is 0.393 e. The van der Waals surface area contributed by atoms with Crippen LogP contribution in [0.3, 0.4) is 0 Å². The van der Waals surface area contributed by atoms with Crippen LogP contribution >= 0.6 is 0 Å². The fourth-order valence-corrected chi connectivity index (χ4v) is 3.93. The first-order valence-electron chi connectivity index (χ1n) is 12.6. The average molecular weight is 383 g/mol. The Morgan fingerprint density at radius 2 is 0.852 bits per heavy atom. The molecule has 0 aliphatic rings. The van der Waals surface area contributed by atoms with E-state index >= 15 is 0 Å². The van der Waals surface area contributed by atoms with E-state index < -0.39 is 0 Å². The van der Waals surface area contributed by atoms with Gasteiger partial charge in [-0.05, 0) is 24.7 Å². The molecule has 0 radical (unpaired) electrons. The SMILES string of the molecule is CCCCCCCCCC(O)CCCCCCCCCCCCC(C)(C)C. The van der Waals surface area contributed by atoms with Gasteiger partial charge in [-0.3, -0.25) is 0 Å². The highest BCUT2D eigenvalue weighted by Crippen LogP contribution is 2.22. The van der Waals surface area contributed by atoms with Gasteiger partial charge in [-0.15, -0.1) is 0 Å². The number of aliphatic hydroxyl groups is 1. The summed E-state index contributed by atoms with van der Waals surface area (Å²) in [4.78, 5) is 0. The zero-order valence-electron chi connectivity index (χ0n) is 19.7. The molecule has 0 aliphatic carbocycles. The quantitative estimate of drug-likeness (QED) is 0.208. The van der Waals surface area contributed by atoms with Gasteiger partial charge in [0, 0.05) is 0 Å². The van der Waals surface area contributed by atoms with Crippen molar-refractivity contribution >= 4 is 0 Å². The zero-order chi connectivity index (χ0) is 20.2. The van der Waals surface area contributed by atoms with E-state index in [4.69, 9.17) is 0 Å². The summed E-state index contributed by atoms with van der Waals surface area (Å²) in [5.41, 5.74) is 0.516. The predicted molar refractivity (Wildman–Crippen MR) is 123 cm³/mol. The van der Waals surface area contributed by atoms with E-state index in [1.165, 1.54) is 116 Å². The van der Waals surface area contributed by atoms with Crippen molar-refractivity contribution in [1.29, 1.82) is 0 Å². The molecule has 1 nitrogen and oxygen atoms in total. The topological polar surface area (TPSA) is 20.2 Å². The first-order valence-corrected chi connectivity index (χ1v) is 12.6. The van der Waals surface area contributed by atoms with Crippen molar-refractivity contribution in [2.24, 2.45) is 5.41 Å². The van der Waals surface area contributed by atoms with E-state index in [-0.39, 0.29) is 6.10 Å². The maximum Gasteiger partial charge on any atom is 0.0540 e. The molecule has 0 saturated carbocycles. The summed E-state index contributed by atoms with van der Waals surface area (Å²) in [6.45, 7) is 9.32. The maximum atomic E-state index is 10.1. The van der Waals surface area contributed by atoms with Gasteiger partial charge in [0.25, 0.3) is 0 Å². The summed E-state index contributed by atoms with van der Waals surface area (Å²) < 4.78 is 0. The van der Waals surface area contributed by atoms with Gasteiger partial charge in [-0.25, -0.2) is 0 Å².